The van der Waals surface area contributed by atoms with Crippen LogP contribution in [0, 0.1) is 12.8 Å². The molecule has 1 aromatic carbocycles. The molecule has 1 fully saturated rings. The summed E-state index contributed by atoms with van der Waals surface area (Å²) in [7, 11) is 0. The van der Waals surface area contributed by atoms with E-state index in [1.807, 2.05) is 37.4 Å². The van der Waals surface area contributed by atoms with Crippen LogP contribution in [-0.2, 0) is 0 Å². The second-order valence-electron chi connectivity index (χ2n) is 6.71. The van der Waals surface area contributed by atoms with Crippen LogP contribution in [0.1, 0.15) is 40.8 Å². The predicted molar refractivity (Wildman–Crippen MR) is 94.0 cm³/mol. The van der Waals surface area contributed by atoms with Crippen LogP contribution in [-0.4, -0.2) is 32.1 Å². The summed E-state index contributed by atoms with van der Waals surface area (Å²) in [6.45, 7) is 1.86. The third-order valence-electron chi connectivity index (χ3n) is 4.80. The number of aryl methyl sites for hydroxylation is 1. The first kappa shape index (κ1) is 15.8. The molecule has 0 aliphatic heterocycles. The Morgan fingerprint density at radius 3 is 2.80 bits per heavy atom. The number of H-pyrrole nitrogens is 1. The number of benzene rings is 1. The van der Waals surface area contributed by atoms with Gasteiger partial charge >= 0.3 is 0 Å². The maximum atomic E-state index is 12.5. The average Bonchev–Trinajstić information content (AvgIpc) is 3.03. The average molecular weight is 336 g/mol. The highest BCUT2D eigenvalue weighted by Crippen LogP contribution is 2.38. The zero-order chi connectivity index (χ0) is 17.4. The molecular weight excluding hydrogens is 316 g/mol. The summed E-state index contributed by atoms with van der Waals surface area (Å²) < 4.78 is 0. The molecule has 3 aromatic rings. The van der Waals surface area contributed by atoms with Crippen molar-refractivity contribution in [1.29, 1.82) is 0 Å². The number of nitrogens with one attached hydrogen (secondary N) is 2. The van der Waals surface area contributed by atoms with Crippen molar-refractivity contribution in [3.05, 3.63) is 59.8 Å². The highest BCUT2D eigenvalue weighted by molar-refractivity contribution is 5.91. The quantitative estimate of drug-likeness (QED) is 0.683. The van der Waals surface area contributed by atoms with Crippen molar-refractivity contribution < 1.29 is 9.90 Å². The molecule has 1 saturated carbocycles. The van der Waals surface area contributed by atoms with Crippen molar-refractivity contribution in [2.24, 2.45) is 5.92 Å². The lowest BCUT2D eigenvalue weighted by molar-refractivity contribution is 0.0234. The number of rotatable bonds is 4. The molecule has 2 aromatic heterocycles. The molecule has 6 nitrogen and oxygen atoms in total. The molecule has 6 heteroatoms. The first-order valence-electron chi connectivity index (χ1n) is 8.45. The molecule has 128 valence electrons. The summed E-state index contributed by atoms with van der Waals surface area (Å²) in [5.74, 6) is 0.252. The number of imidazole rings is 1. The van der Waals surface area contributed by atoms with Crippen molar-refractivity contribution in [3.8, 4) is 0 Å². The lowest BCUT2D eigenvalue weighted by atomic mass is 9.75. The van der Waals surface area contributed by atoms with Gasteiger partial charge in [-0.05, 0) is 43.4 Å². The predicted octanol–water partition coefficient (Wildman–Crippen LogP) is 2.51. The van der Waals surface area contributed by atoms with Crippen LogP contribution in [0.15, 0.2) is 42.7 Å². The van der Waals surface area contributed by atoms with E-state index in [9.17, 15) is 9.90 Å². The van der Waals surface area contributed by atoms with Gasteiger partial charge in [0.1, 0.15) is 0 Å². The van der Waals surface area contributed by atoms with Crippen LogP contribution < -0.4 is 5.32 Å². The van der Waals surface area contributed by atoms with Crippen LogP contribution in [0.25, 0.3) is 10.9 Å². The number of pyridine rings is 1. The SMILES string of the molecule is Cc1cnc(C(=O)NC(c2cnc3ccccc3c2)C2CC(O)C2)[nH]1. The number of para-hydroxylation sites is 1. The minimum Gasteiger partial charge on any atom is -0.393 e. The van der Waals surface area contributed by atoms with Crippen LogP contribution in [0.4, 0.5) is 0 Å². The van der Waals surface area contributed by atoms with Gasteiger partial charge in [-0.15, -0.1) is 0 Å². The first-order chi connectivity index (χ1) is 12.1. The number of fused-ring (bicyclic) bond motifs is 1. The van der Waals surface area contributed by atoms with Gasteiger partial charge in [-0.25, -0.2) is 4.98 Å². The molecule has 1 amide bonds. The third kappa shape index (κ3) is 3.13. The van der Waals surface area contributed by atoms with Gasteiger partial charge in [-0.1, -0.05) is 18.2 Å². The summed E-state index contributed by atoms with van der Waals surface area (Å²) in [4.78, 5) is 24.1. The summed E-state index contributed by atoms with van der Waals surface area (Å²) in [5.41, 5.74) is 2.71. The van der Waals surface area contributed by atoms with Crippen LogP contribution in [0.3, 0.4) is 0 Å². The molecule has 0 saturated heterocycles. The zero-order valence-corrected chi connectivity index (χ0v) is 13.9. The lowest BCUT2D eigenvalue weighted by Crippen LogP contribution is -2.41. The Morgan fingerprint density at radius 2 is 2.08 bits per heavy atom. The smallest absolute Gasteiger partial charge is 0.287 e. The number of nitrogens with zero attached hydrogens (tertiary/aromatic N) is 2. The van der Waals surface area contributed by atoms with Gasteiger partial charge in [0.05, 0.1) is 17.7 Å². The Hall–Kier alpha value is -2.73. The molecule has 1 aliphatic rings. The van der Waals surface area contributed by atoms with Crippen molar-refractivity contribution >= 4 is 16.8 Å². The highest BCUT2D eigenvalue weighted by atomic mass is 16.3. The lowest BCUT2D eigenvalue weighted by Gasteiger charge is -2.38. The molecule has 1 unspecified atom stereocenters. The van der Waals surface area contributed by atoms with E-state index in [1.54, 1.807) is 6.20 Å². The molecule has 4 rings (SSSR count). The fourth-order valence-corrected chi connectivity index (χ4v) is 3.37. The van der Waals surface area contributed by atoms with E-state index in [4.69, 9.17) is 0 Å². The van der Waals surface area contributed by atoms with Gasteiger partial charge in [0.2, 0.25) is 0 Å². The van der Waals surface area contributed by atoms with Gasteiger partial charge in [-0.3, -0.25) is 9.78 Å². The van der Waals surface area contributed by atoms with E-state index in [0.29, 0.717) is 18.7 Å². The number of amides is 1. The minimum absolute atomic E-state index is 0.193. The van der Waals surface area contributed by atoms with Crippen molar-refractivity contribution in [3.63, 3.8) is 0 Å². The summed E-state index contributed by atoms with van der Waals surface area (Å²) in [5, 5.41) is 13.8. The Balaban J connectivity index is 1.64. The number of carbonyl (C=O) groups is 1. The van der Waals surface area contributed by atoms with Crippen molar-refractivity contribution in [1.82, 2.24) is 20.3 Å². The molecule has 1 atom stereocenters. The van der Waals surface area contributed by atoms with Gasteiger partial charge in [0.15, 0.2) is 5.82 Å². The Bertz CT molecular complexity index is 914. The van der Waals surface area contributed by atoms with Crippen LogP contribution in [0.2, 0.25) is 0 Å². The molecular formula is C19H20N4O2. The zero-order valence-electron chi connectivity index (χ0n) is 13.9. The van der Waals surface area contributed by atoms with Gasteiger partial charge in [-0.2, -0.15) is 0 Å². The first-order valence-corrected chi connectivity index (χ1v) is 8.45. The van der Waals surface area contributed by atoms with E-state index >= 15 is 0 Å². The summed E-state index contributed by atoms with van der Waals surface area (Å²) in [6.07, 6.45) is 4.51. The normalized spacial score (nSPS) is 20.9. The van der Waals surface area contributed by atoms with E-state index in [2.05, 4.69) is 26.3 Å². The largest absolute Gasteiger partial charge is 0.393 e. The number of aliphatic hydroxyl groups is 1. The van der Waals surface area contributed by atoms with Crippen molar-refractivity contribution in [2.45, 2.75) is 31.9 Å². The van der Waals surface area contributed by atoms with Gasteiger partial charge < -0.3 is 15.4 Å². The van der Waals surface area contributed by atoms with E-state index in [0.717, 1.165) is 22.2 Å². The van der Waals surface area contributed by atoms with Gasteiger partial charge in [0, 0.05) is 23.5 Å². The maximum Gasteiger partial charge on any atom is 0.287 e. The molecule has 1 aliphatic carbocycles. The Labute approximate surface area is 145 Å². The Morgan fingerprint density at radius 1 is 1.28 bits per heavy atom. The molecule has 0 spiro atoms. The second-order valence-corrected chi connectivity index (χ2v) is 6.71. The fourth-order valence-electron chi connectivity index (χ4n) is 3.37. The van der Waals surface area contributed by atoms with E-state index in [-0.39, 0.29) is 24.0 Å². The van der Waals surface area contributed by atoms with Crippen molar-refractivity contribution in [2.75, 3.05) is 0 Å². The monoisotopic (exact) mass is 336 g/mol. The molecule has 2 heterocycles. The number of aromatic amines is 1. The third-order valence-corrected chi connectivity index (χ3v) is 4.80. The molecule has 0 radical (unpaired) electrons. The molecule has 25 heavy (non-hydrogen) atoms. The highest BCUT2D eigenvalue weighted by Gasteiger charge is 2.36. The number of hydrogen-bond donors (Lipinski definition) is 3. The topological polar surface area (TPSA) is 90.9 Å². The minimum atomic E-state index is -0.288. The van der Waals surface area contributed by atoms with Crippen LogP contribution >= 0.6 is 0 Å². The number of hydrogen-bond acceptors (Lipinski definition) is 4. The number of carbonyl (C=O) groups excluding carboxylic acids is 1. The standard InChI is InChI=1S/C19H20N4O2/c1-11-9-21-18(22-11)19(25)23-17(13-7-15(24)8-13)14-6-12-4-2-3-5-16(12)20-10-14/h2-6,9-10,13,15,17,24H,7-8H2,1H3,(H,21,22)(H,23,25). The fraction of sp³-hybridized carbons (Fsp3) is 0.316. The second kappa shape index (κ2) is 6.29. The van der Waals surface area contributed by atoms with E-state index in [1.165, 1.54) is 0 Å². The van der Waals surface area contributed by atoms with E-state index < -0.39 is 0 Å². The summed E-state index contributed by atoms with van der Waals surface area (Å²) >= 11 is 0. The maximum absolute atomic E-state index is 12.5. The number of aromatic nitrogens is 3. The summed E-state index contributed by atoms with van der Waals surface area (Å²) in [6, 6.07) is 9.77. The van der Waals surface area contributed by atoms with Crippen LogP contribution in [0.5, 0.6) is 0 Å². The number of aliphatic hydroxyl groups excluding tert-OH is 1. The van der Waals surface area contributed by atoms with Gasteiger partial charge in [0.25, 0.3) is 5.91 Å². The molecule has 0 bridgehead atoms. The Kier molecular flexibility index (Phi) is 3.97. The molecule has 3 N–H and O–H groups in total.